The molecule has 0 rings (SSSR count). The number of nitrogens with one attached hydrogen (secondary N) is 2. The lowest BCUT2D eigenvalue weighted by Gasteiger charge is -2.10. The standard InChI is InChI=1S/C8H18N2O3S/c1-4-5-6-14(12,13)10-8(11)9-7(2)3/h7H,4-6H2,1-3H3,(H2,9,10,11). The molecule has 2 amide bonds. The maximum atomic E-state index is 11.2. The van der Waals surface area contributed by atoms with Gasteiger partial charge in [-0.15, -0.1) is 0 Å². The molecular weight excluding hydrogens is 204 g/mol. The van der Waals surface area contributed by atoms with Gasteiger partial charge in [0.15, 0.2) is 0 Å². The molecule has 0 heterocycles. The van der Waals surface area contributed by atoms with Crippen LogP contribution in [0.1, 0.15) is 33.6 Å². The van der Waals surface area contributed by atoms with Gasteiger partial charge in [0.1, 0.15) is 0 Å². The van der Waals surface area contributed by atoms with Crippen molar-refractivity contribution >= 4 is 16.1 Å². The molecule has 0 unspecified atom stereocenters. The van der Waals surface area contributed by atoms with Gasteiger partial charge in [-0.3, -0.25) is 0 Å². The molecule has 0 radical (unpaired) electrons. The molecule has 0 aliphatic carbocycles. The van der Waals surface area contributed by atoms with Crippen molar-refractivity contribution in [2.24, 2.45) is 0 Å². The van der Waals surface area contributed by atoms with Gasteiger partial charge in [-0.05, 0) is 20.3 Å². The van der Waals surface area contributed by atoms with Gasteiger partial charge in [0, 0.05) is 6.04 Å². The van der Waals surface area contributed by atoms with E-state index in [0.717, 1.165) is 6.42 Å². The van der Waals surface area contributed by atoms with Crippen LogP contribution in [0.5, 0.6) is 0 Å². The predicted molar refractivity (Wildman–Crippen MR) is 55.5 cm³/mol. The average molecular weight is 222 g/mol. The van der Waals surface area contributed by atoms with E-state index >= 15 is 0 Å². The van der Waals surface area contributed by atoms with Crippen LogP contribution < -0.4 is 10.0 Å². The van der Waals surface area contributed by atoms with Gasteiger partial charge in [-0.1, -0.05) is 13.3 Å². The summed E-state index contributed by atoms with van der Waals surface area (Å²) in [5.41, 5.74) is 0. The minimum atomic E-state index is -3.45. The normalized spacial score (nSPS) is 11.4. The van der Waals surface area contributed by atoms with E-state index in [2.05, 4.69) is 5.32 Å². The summed E-state index contributed by atoms with van der Waals surface area (Å²) in [5, 5.41) is 2.45. The first-order chi connectivity index (χ1) is 6.37. The molecular formula is C8H18N2O3S. The summed E-state index contributed by atoms with van der Waals surface area (Å²) in [6, 6.07) is -0.729. The number of hydrogen-bond donors (Lipinski definition) is 2. The molecule has 0 aromatic rings. The highest BCUT2D eigenvalue weighted by Gasteiger charge is 2.13. The van der Waals surface area contributed by atoms with Crippen LogP contribution in [0.15, 0.2) is 0 Å². The van der Waals surface area contributed by atoms with Gasteiger partial charge in [0.05, 0.1) is 5.75 Å². The van der Waals surface area contributed by atoms with Crippen molar-refractivity contribution < 1.29 is 13.2 Å². The van der Waals surface area contributed by atoms with Crippen molar-refractivity contribution in [1.82, 2.24) is 10.0 Å². The summed E-state index contributed by atoms with van der Waals surface area (Å²) in [7, 11) is -3.45. The molecule has 2 N–H and O–H groups in total. The summed E-state index contributed by atoms with van der Waals surface area (Å²) in [6.45, 7) is 5.42. The molecule has 0 fully saturated rings. The first-order valence-corrected chi connectivity index (χ1v) is 6.33. The fraction of sp³-hybridized carbons (Fsp3) is 0.875. The van der Waals surface area contributed by atoms with E-state index in [1.54, 1.807) is 13.8 Å². The second-order valence-electron chi connectivity index (χ2n) is 3.40. The first kappa shape index (κ1) is 13.2. The predicted octanol–water partition coefficient (Wildman–Crippen LogP) is 0.824. The molecule has 5 nitrogen and oxygen atoms in total. The first-order valence-electron chi connectivity index (χ1n) is 4.68. The van der Waals surface area contributed by atoms with Crippen LogP contribution in [0, 0.1) is 0 Å². The Kier molecular flexibility index (Phi) is 5.52. The van der Waals surface area contributed by atoms with Crippen molar-refractivity contribution in [2.75, 3.05) is 5.75 Å². The van der Waals surface area contributed by atoms with E-state index in [1.165, 1.54) is 0 Å². The second kappa shape index (κ2) is 5.85. The lowest BCUT2D eigenvalue weighted by Crippen LogP contribution is -2.43. The summed E-state index contributed by atoms with van der Waals surface area (Å²) in [5.74, 6) is -0.00495. The molecule has 0 saturated carbocycles. The third-order valence-electron chi connectivity index (χ3n) is 1.43. The van der Waals surface area contributed by atoms with Crippen molar-refractivity contribution in [2.45, 2.75) is 39.7 Å². The maximum absolute atomic E-state index is 11.2. The number of hydrogen-bond acceptors (Lipinski definition) is 3. The highest BCUT2D eigenvalue weighted by Crippen LogP contribution is 1.93. The van der Waals surface area contributed by atoms with Crippen LogP contribution in [0.4, 0.5) is 4.79 Å². The zero-order chi connectivity index (χ0) is 11.2. The molecule has 0 aromatic carbocycles. The minimum absolute atomic E-state index is 0.00495. The minimum Gasteiger partial charge on any atom is -0.335 e. The number of unbranched alkanes of at least 4 members (excludes halogenated alkanes) is 1. The Balaban J connectivity index is 4.03. The zero-order valence-electron chi connectivity index (χ0n) is 8.83. The summed E-state index contributed by atoms with van der Waals surface area (Å²) in [4.78, 5) is 11.0. The smallest absolute Gasteiger partial charge is 0.328 e. The van der Waals surface area contributed by atoms with Crippen molar-refractivity contribution in [3.8, 4) is 0 Å². The molecule has 0 spiro atoms. The van der Waals surface area contributed by atoms with Gasteiger partial charge in [0.2, 0.25) is 10.0 Å². The molecule has 0 aliphatic heterocycles. The third-order valence-corrected chi connectivity index (χ3v) is 2.76. The SMILES string of the molecule is CCCCS(=O)(=O)NC(=O)NC(C)C. The highest BCUT2D eigenvalue weighted by atomic mass is 32.2. The van der Waals surface area contributed by atoms with Crippen molar-refractivity contribution in [1.29, 1.82) is 0 Å². The largest absolute Gasteiger partial charge is 0.335 e. The van der Waals surface area contributed by atoms with Gasteiger partial charge in [-0.25, -0.2) is 17.9 Å². The van der Waals surface area contributed by atoms with E-state index < -0.39 is 16.1 Å². The quantitative estimate of drug-likeness (QED) is 0.723. The molecule has 14 heavy (non-hydrogen) atoms. The zero-order valence-corrected chi connectivity index (χ0v) is 9.65. The van der Waals surface area contributed by atoms with E-state index in [1.807, 2.05) is 11.6 Å². The number of amides is 2. The van der Waals surface area contributed by atoms with Crippen LogP contribution >= 0.6 is 0 Å². The number of rotatable bonds is 5. The van der Waals surface area contributed by atoms with E-state index in [0.29, 0.717) is 6.42 Å². The fourth-order valence-corrected chi connectivity index (χ4v) is 1.93. The van der Waals surface area contributed by atoms with Gasteiger partial charge in [0.25, 0.3) is 0 Å². The maximum Gasteiger partial charge on any atom is 0.328 e. The van der Waals surface area contributed by atoms with Crippen LogP contribution in [0.25, 0.3) is 0 Å². The van der Waals surface area contributed by atoms with E-state index in [-0.39, 0.29) is 11.8 Å². The van der Waals surface area contributed by atoms with Crippen LogP contribution in [0.2, 0.25) is 0 Å². The molecule has 0 saturated heterocycles. The van der Waals surface area contributed by atoms with Crippen molar-refractivity contribution in [3.05, 3.63) is 0 Å². The summed E-state index contributed by atoms with van der Waals surface area (Å²) < 4.78 is 24.4. The van der Waals surface area contributed by atoms with Crippen LogP contribution in [-0.4, -0.2) is 26.2 Å². The summed E-state index contributed by atoms with van der Waals surface area (Å²) in [6.07, 6.45) is 1.34. The molecule has 0 atom stereocenters. The topological polar surface area (TPSA) is 75.3 Å². The molecule has 0 aliphatic rings. The van der Waals surface area contributed by atoms with Gasteiger partial charge in [-0.2, -0.15) is 0 Å². The monoisotopic (exact) mass is 222 g/mol. The molecule has 84 valence electrons. The molecule has 0 bridgehead atoms. The fourth-order valence-electron chi connectivity index (χ4n) is 0.818. The number of sulfonamides is 1. The third kappa shape index (κ3) is 6.71. The van der Waals surface area contributed by atoms with E-state index in [9.17, 15) is 13.2 Å². The molecule has 0 aromatic heterocycles. The lowest BCUT2D eigenvalue weighted by atomic mass is 10.4. The second-order valence-corrected chi connectivity index (χ2v) is 5.24. The summed E-state index contributed by atoms with van der Waals surface area (Å²) >= 11 is 0. The Hall–Kier alpha value is -0.780. The Bertz CT molecular complexity index is 272. The Morgan fingerprint density at radius 2 is 1.93 bits per heavy atom. The van der Waals surface area contributed by atoms with Crippen LogP contribution in [0.3, 0.4) is 0 Å². The number of carbonyl (C=O) groups excluding carboxylic acids is 1. The van der Waals surface area contributed by atoms with Gasteiger partial charge >= 0.3 is 6.03 Å². The Morgan fingerprint density at radius 1 is 1.36 bits per heavy atom. The average Bonchev–Trinajstić information content (AvgIpc) is 1.98. The van der Waals surface area contributed by atoms with Crippen molar-refractivity contribution in [3.63, 3.8) is 0 Å². The number of urea groups is 1. The number of carbonyl (C=O) groups is 1. The lowest BCUT2D eigenvalue weighted by molar-refractivity contribution is 0.243. The Labute approximate surface area is 85.3 Å². The Morgan fingerprint density at radius 3 is 2.36 bits per heavy atom. The highest BCUT2D eigenvalue weighted by molar-refractivity contribution is 7.90. The van der Waals surface area contributed by atoms with Gasteiger partial charge < -0.3 is 5.32 Å². The van der Waals surface area contributed by atoms with Crippen LogP contribution in [-0.2, 0) is 10.0 Å². The van der Waals surface area contributed by atoms with E-state index in [4.69, 9.17) is 0 Å². The molecule has 6 heteroatoms.